The number of aromatic nitrogens is 1. The van der Waals surface area contributed by atoms with E-state index >= 15 is 0 Å². The number of fused-ring (bicyclic) bond motifs is 1. The Bertz CT molecular complexity index is 703. The molecular weight excluding hydrogens is 292 g/mol. The number of benzene rings is 1. The first-order chi connectivity index (χ1) is 11.1. The highest BCUT2D eigenvalue weighted by Crippen LogP contribution is 2.32. The Balaban J connectivity index is 1.41. The lowest BCUT2D eigenvalue weighted by molar-refractivity contribution is -0.148. The average Bonchev–Trinajstić information content (AvgIpc) is 3.32. The third-order valence-electron chi connectivity index (χ3n) is 4.36. The summed E-state index contributed by atoms with van der Waals surface area (Å²) in [4.78, 5) is 26.7. The lowest BCUT2D eigenvalue weighted by Crippen LogP contribution is -2.37. The Morgan fingerprint density at radius 3 is 2.91 bits per heavy atom. The second-order valence-electron chi connectivity index (χ2n) is 6.21. The van der Waals surface area contributed by atoms with Gasteiger partial charge in [-0.2, -0.15) is 0 Å². The minimum absolute atomic E-state index is 0.174. The van der Waals surface area contributed by atoms with E-state index < -0.39 is 0 Å². The van der Waals surface area contributed by atoms with Crippen molar-refractivity contribution in [2.45, 2.75) is 38.6 Å². The molecule has 1 fully saturated rings. The summed E-state index contributed by atoms with van der Waals surface area (Å²) in [7, 11) is 0. The average molecular weight is 314 g/mol. The van der Waals surface area contributed by atoms with Crippen molar-refractivity contribution < 1.29 is 14.3 Å². The molecule has 0 unspecified atom stereocenters. The first-order valence-corrected chi connectivity index (χ1v) is 8.13. The molecule has 5 heteroatoms. The van der Waals surface area contributed by atoms with Crippen molar-refractivity contribution in [3.63, 3.8) is 0 Å². The molecule has 1 aliphatic rings. The summed E-state index contributed by atoms with van der Waals surface area (Å²) in [5, 5.41) is 3.99. The fraction of sp³-hybridized carbons (Fsp3) is 0.444. The van der Waals surface area contributed by atoms with Crippen molar-refractivity contribution in [2.24, 2.45) is 5.92 Å². The van der Waals surface area contributed by atoms with Gasteiger partial charge in [-0.1, -0.05) is 18.2 Å². The molecule has 2 N–H and O–H groups in total. The molecule has 2 aromatic rings. The maximum Gasteiger partial charge on any atom is 0.306 e. The van der Waals surface area contributed by atoms with E-state index in [1.807, 2.05) is 37.4 Å². The number of aromatic amines is 1. The molecule has 0 aliphatic heterocycles. The summed E-state index contributed by atoms with van der Waals surface area (Å²) in [5.74, 6) is 0.0332. The van der Waals surface area contributed by atoms with Crippen molar-refractivity contribution in [3.8, 4) is 0 Å². The van der Waals surface area contributed by atoms with E-state index in [2.05, 4.69) is 10.3 Å². The Hall–Kier alpha value is -2.30. The van der Waals surface area contributed by atoms with Gasteiger partial charge in [0.15, 0.2) is 6.61 Å². The SMILES string of the molecule is C[C@@H](NC(=O)COC(=O)CCc1c[nH]c2ccccc12)C1CC1. The predicted molar refractivity (Wildman–Crippen MR) is 87.9 cm³/mol. The molecule has 0 saturated heterocycles. The van der Waals surface area contributed by atoms with Crippen molar-refractivity contribution in [1.29, 1.82) is 0 Å². The Labute approximate surface area is 135 Å². The standard InChI is InChI=1S/C18H22N2O3/c1-12(13-6-7-13)20-17(21)11-23-18(22)9-8-14-10-19-16-5-3-2-4-15(14)16/h2-5,10,12-13,19H,6-9,11H2,1H3,(H,20,21)/t12-/m1/s1. The number of rotatable bonds is 7. The van der Waals surface area contributed by atoms with Gasteiger partial charge in [0, 0.05) is 29.6 Å². The number of nitrogens with one attached hydrogen (secondary N) is 2. The highest BCUT2D eigenvalue weighted by atomic mass is 16.5. The number of carbonyl (C=O) groups excluding carboxylic acids is 2. The summed E-state index contributed by atoms with van der Waals surface area (Å²) in [5.41, 5.74) is 2.15. The van der Waals surface area contributed by atoms with Crippen LogP contribution in [0.2, 0.25) is 0 Å². The molecular formula is C18H22N2O3. The smallest absolute Gasteiger partial charge is 0.306 e. The largest absolute Gasteiger partial charge is 0.456 e. The second kappa shape index (κ2) is 6.86. The molecule has 3 rings (SSSR count). The number of hydrogen-bond donors (Lipinski definition) is 2. The van der Waals surface area contributed by atoms with Crippen LogP contribution in [0, 0.1) is 5.92 Å². The second-order valence-corrected chi connectivity index (χ2v) is 6.21. The van der Waals surface area contributed by atoms with Crippen LogP contribution in [0.15, 0.2) is 30.5 Å². The van der Waals surface area contributed by atoms with Gasteiger partial charge in [-0.3, -0.25) is 9.59 Å². The fourth-order valence-electron chi connectivity index (χ4n) is 2.80. The van der Waals surface area contributed by atoms with E-state index in [4.69, 9.17) is 4.74 Å². The fourth-order valence-corrected chi connectivity index (χ4v) is 2.80. The zero-order valence-corrected chi connectivity index (χ0v) is 13.3. The monoisotopic (exact) mass is 314 g/mol. The number of esters is 1. The Morgan fingerprint density at radius 2 is 2.13 bits per heavy atom. The number of H-pyrrole nitrogens is 1. The zero-order chi connectivity index (χ0) is 16.2. The highest BCUT2D eigenvalue weighted by Gasteiger charge is 2.28. The van der Waals surface area contributed by atoms with Gasteiger partial charge >= 0.3 is 5.97 Å². The molecule has 122 valence electrons. The summed E-state index contributed by atoms with van der Waals surface area (Å²) >= 11 is 0. The molecule has 0 bridgehead atoms. The minimum Gasteiger partial charge on any atom is -0.456 e. The molecule has 0 radical (unpaired) electrons. The van der Waals surface area contributed by atoms with Gasteiger partial charge in [-0.15, -0.1) is 0 Å². The summed E-state index contributed by atoms with van der Waals surface area (Å²) < 4.78 is 5.05. The van der Waals surface area contributed by atoms with Crippen LogP contribution in [0.4, 0.5) is 0 Å². The van der Waals surface area contributed by atoms with Crippen LogP contribution in [-0.4, -0.2) is 29.5 Å². The maximum absolute atomic E-state index is 11.8. The predicted octanol–water partition coefficient (Wildman–Crippen LogP) is 2.56. The van der Waals surface area contributed by atoms with Gasteiger partial charge in [0.2, 0.25) is 0 Å². The van der Waals surface area contributed by atoms with Crippen LogP contribution in [0.25, 0.3) is 10.9 Å². The molecule has 0 spiro atoms. The third-order valence-corrected chi connectivity index (χ3v) is 4.36. The number of hydrogen-bond acceptors (Lipinski definition) is 3. The molecule has 1 amide bonds. The lowest BCUT2D eigenvalue weighted by Gasteiger charge is -2.12. The Kier molecular flexibility index (Phi) is 4.65. The van der Waals surface area contributed by atoms with Crippen molar-refractivity contribution >= 4 is 22.8 Å². The molecule has 5 nitrogen and oxygen atoms in total. The van der Waals surface area contributed by atoms with Crippen LogP contribution in [0.3, 0.4) is 0 Å². The molecule has 1 heterocycles. The Morgan fingerprint density at radius 1 is 1.35 bits per heavy atom. The van der Waals surface area contributed by atoms with E-state index in [9.17, 15) is 9.59 Å². The number of amides is 1. The van der Waals surface area contributed by atoms with Crippen molar-refractivity contribution in [1.82, 2.24) is 10.3 Å². The van der Waals surface area contributed by atoms with Gasteiger partial charge < -0.3 is 15.0 Å². The molecule has 1 aromatic carbocycles. The molecule has 1 saturated carbocycles. The van der Waals surface area contributed by atoms with Crippen LogP contribution in [0.1, 0.15) is 31.7 Å². The van der Waals surface area contributed by atoms with Crippen LogP contribution >= 0.6 is 0 Å². The topological polar surface area (TPSA) is 71.2 Å². The maximum atomic E-state index is 11.8. The van der Waals surface area contributed by atoms with E-state index in [0.29, 0.717) is 12.3 Å². The van der Waals surface area contributed by atoms with Crippen LogP contribution in [-0.2, 0) is 20.7 Å². The first-order valence-electron chi connectivity index (χ1n) is 8.13. The lowest BCUT2D eigenvalue weighted by atomic mass is 10.1. The third kappa shape index (κ3) is 4.12. The number of aryl methyl sites for hydroxylation is 1. The quantitative estimate of drug-likeness (QED) is 0.772. The van der Waals surface area contributed by atoms with E-state index in [1.54, 1.807) is 0 Å². The van der Waals surface area contributed by atoms with Gasteiger partial charge in [0.25, 0.3) is 5.91 Å². The van der Waals surface area contributed by atoms with Crippen molar-refractivity contribution in [2.75, 3.05) is 6.61 Å². The van der Waals surface area contributed by atoms with E-state index in [1.165, 1.54) is 12.8 Å². The minimum atomic E-state index is -0.343. The van der Waals surface area contributed by atoms with E-state index in [0.717, 1.165) is 16.5 Å². The first kappa shape index (κ1) is 15.6. The van der Waals surface area contributed by atoms with Crippen LogP contribution < -0.4 is 5.32 Å². The molecule has 1 aliphatic carbocycles. The van der Waals surface area contributed by atoms with Gasteiger partial charge in [-0.05, 0) is 43.7 Å². The summed E-state index contributed by atoms with van der Waals surface area (Å²) in [6, 6.07) is 8.15. The van der Waals surface area contributed by atoms with Crippen molar-refractivity contribution in [3.05, 3.63) is 36.0 Å². The highest BCUT2D eigenvalue weighted by molar-refractivity contribution is 5.84. The normalized spacial score (nSPS) is 15.3. The van der Waals surface area contributed by atoms with E-state index in [-0.39, 0.29) is 30.9 Å². The number of carbonyl (C=O) groups is 2. The number of ether oxygens (including phenoxy) is 1. The van der Waals surface area contributed by atoms with Gasteiger partial charge in [-0.25, -0.2) is 0 Å². The molecule has 23 heavy (non-hydrogen) atoms. The van der Waals surface area contributed by atoms with Gasteiger partial charge in [0.05, 0.1) is 0 Å². The molecule has 1 aromatic heterocycles. The number of para-hydroxylation sites is 1. The van der Waals surface area contributed by atoms with Crippen LogP contribution in [0.5, 0.6) is 0 Å². The zero-order valence-electron chi connectivity index (χ0n) is 13.3. The summed E-state index contributed by atoms with van der Waals surface area (Å²) in [6.45, 7) is 1.80. The van der Waals surface area contributed by atoms with Gasteiger partial charge in [0.1, 0.15) is 0 Å². The molecule has 1 atom stereocenters. The summed E-state index contributed by atoms with van der Waals surface area (Å²) in [6.07, 6.45) is 5.13.